The molecule has 1 saturated heterocycles. The van der Waals surface area contributed by atoms with Gasteiger partial charge in [-0.3, -0.25) is 0 Å². The Kier molecular flexibility index (Phi) is 6.62. The number of likely N-dealkylation sites (tertiary alicyclic amines) is 1. The van der Waals surface area contributed by atoms with Gasteiger partial charge in [-0.25, -0.2) is 13.1 Å². The number of piperidine rings is 1. The molecule has 0 spiro atoms. The third-order valence-electron chi connectivity index (χ3n) is 4.39. The second-order valence-electron chi connectivity index (χ2n) is 7.20. The first-order valence-electron chi connectivity index (χ1n) is 8.59. The lowest BCUT2D eigenvalue weighted by molar-refractivity contribution is 0.140. The lowest BCUT2D eigenvalue weighted by atomic mass is 9.92. The van der Waals surface area contributed by atoms with Crippen molar-refractivity contribution in [3.63, 3.8) is 0 Å². The first kappa shape index (κ1) is 18.4. The molecule has 0 saturated carbocycles. The van der Waals surface area contributed by atoms with Crippen LogP contribution in [0.1, 0.15) is 37.8 Å². The zero-order valence-corrected chi connectivity index (χ0v) is 15.4. The van der Waals surface area contributed by atoms with Gasteiger partial charge in [0.25, 0.3) is 0 Å². The topological polar surface area (TPSA) is 49.4 Å². The number of aryl methyl sites for hydroxylation is 1. The van der Waals surface area contributed by atoms with Crippen LogP contribution >= 0.6 is 0 Å². The number of benzene rings is 1. The molecule has 0 amide bonds. The van der Waals surface area contributed by atoms with E-state index in [1.54, 1.807) is 0 Å². The third kappa shape index (κ3) is 6.61. The predicted octanol–water partition coefficient (Wildman–Crippen LogP) is 2.78. The summed E-state index contributed by atoms with van der Waals surface area (Å²) < 4.78 is 27.0. The van der Waals surface area contributed by atoms with Crippen molar-refractivity contribution in [2.75, 3.05) is 26.2 Å². The summed E-state index contributed by atoms with van der Waals surface area (Å²) in [5.74, 6) is 1.55. The van der Waals surface area contributed by atoms with E-state index in [2.05, 4.69) is 23.5 Å². The number of hydrogen-bond acceptors (Lipinski definition) is 3. The SMILES string of the molecule is Cc1ccc(CS(=O)(=O)NCCCN2C[C@H](C)C[C@@H](C)C2)cc1. The van der Waals surface area contributed by atoms with Crippen molar-refractivity contribution in [2.24, 2.45) is 11.8 Å². The molecule has 5 heteroatoms. The fraction of sp³-hybridized carbons (Fsp3) is 0.667. The molecule has 0 aliphatic carbocycles. The number of hydrogen-bond donors (Lipinski definition) is 1. The predicted molar refractivity (Wildman–Crippen MR) is 95.8 cm³/mol. The fourth-order valence-corrected chi connectivity index (χ4v) is 4.65. The van der Waals surface area contributed by atoms with E-state index in [-0.39, 0.29) is 5.75 Å². The molecule has 23 heavy (non-hydrogen) atoms. The second kappa shape index (κ2) is 8.27. The molecular weight excluding hydrogens is 308 g/mol. The summed E-state index contributed by atoms with van der Waals surface area (Å²) >= 11 is 0. The molecule has 0 aromatic heterocycles. The highest BCUT2D eigenvalue weighted by atomic mass is 32.2. The Morgan fingerprint density at radius 1 is 1.13 bits per heavy atom. The molecule has 1 aliphatic heterocycles. The van der Waals surface area contributed by atoms with Crippen molar-refractivity contribution >= 4 is 10.0 Å². The van der Waals surface area contributed by atoms with E-state index in [9.17, 15) is 8.42 Å². The maximum Gasteiger partial charge on any atom is 0.215 e. The Hall–Kier alpha value is -0.910. The van der Waals surface area contributed by atoms with Crippen molar-refractivity contribution in [2.45, 2.75) is 39.4 Å². The zero-order chi connectivity index (χ0) is 16.9. The van der Waals surface area contributed by atoms with Crippen LogP contribution in [0.2, 0.25) is 0 Å². The first-order chi connectivity index (χ1) is 10.8. The van der Waals surface area contributed by atoms with Crippen LogP contribution in [-0.4, -0.2) is 39.5 Å². The smallest absolute Gasteiger partial charge is 0.215 e. The summed E-state index contributed by atoms with van der Waals surface area (Å²) in [5, 5.41) is 0. The van der Waals surface area contributed by atoms with E-state index in [4.69, 9.17) is 0 Å². The van der Waals surface area contributed by atoms with Gasteiger partial charge >= 0.3 is 0 Å². The lowest BCUT2D eigenvalue weighted by Crippen LogP contribution is -2.40. The molecule has 1 N–H and O–H groups in total. The highest BCUT2D eigenvalue weighted by Gasteiger charge is 2.21. The van der Waals surface area contributed by atoms with E-state index in [1.165, 1.54) is 6.42 Å². The van der Waals surface area contributed by atoms with Gasteiger partial charge < -0.3 is 4.90 Å². The molecule has 4 nitrogen and oxygen atoms in total. The van der Waals surface area contributed by atoms with Gasteiger partial charge in [0.05, 0.1) is 5.75 Å². The lowest BCUT2D eigenvalue weighted by Gasteiger charge is -2.34. The van der Waals surface area contributed by atoms with Gasteiger partial charge in [-0.2, -0.15) is 0 Å². The standard InChI is InChI=1S/C18H30N2O2S/c1-15-5-7-18(8-6-15)14-23(21,22)19-9-4-10-20-12-16(2)11-17(3)13-20/h5-8,16-17,19H,4,9-14H2,1-3H3/t16-,17-/m1/s1. The van der Waals surface area contributed by atoms with Gasteiger partial charge in [0.2, 0.25) is 10.0 Å². The number of nitrogens with zero attached hydrogens (tertiary/aromatic N) is 1. The Bertz CT molecular complexity index is 574. The number of rotatable bonds is 7. The van der Waals surface area contributed by atoms with Crippen LogP contribution in [0.4, 0.5) is 0 Å². The summed E-state index contributed by atoms with van der Waals surface area (Å²) in [6.07, 6.45) is 2.17. The molecule has 1 aromatic carbocycles. The molecule has 0 radical (unpaired) electrons. The molecule has 2 rings (SSSR count). The van der Waals surface area contributed by atoms with E-state index >= 15 is 0 Å². The normalized spacial score (nSPS) is 23.1. The van der Waals surface area contributed by atoms with Gasteiger partial charge in [0, 0.05) is 19.6 Å². The van der Waals surface area contributed by atoms with Crippen molar-refractivity contribution < 1.29 is 8.42 Å². The maximum atomic E-state index is 12.1. The minimum atomic E-state index is -3.24. The Labute approximate surface area is 141 Å². The van der Waals surface area contributed by atoms with Gasteiger partial charge in [0.15, 0.2) is 0 Å². The van der Waals surface area contributed by atoms with Crippen LogP contribution in [0.3, 0.4) is 0 Å². The molecule has 1 aromatic rings. The summed E-state index contributed by atoms with van der Waals surface area (Å²) in [7, 11) is -3.24. The molecule has 2 atom stereocenters. The minimum absolute atomic E-state index is 0.0606. The highest BCUT2D eigenvalue weighted by Crippen LogP contribution is 2.20. The summed E-state index contributed by atoms with van der Waals surface area (Å²) in [4.78, 5) is 2.47. The fourth-order valence-electron chi connectivity index (χ4n) is 3.46. The minimum Gasteiger partial charge on any atom is -0.303 e. The quantitative estimate of drug-likeness (QED) is 0.778. The van der Waals surface area contributed by atoms with Crippen LogP contribution < -0.4 is 4.72 Å². The number of sulfonamides is 1. The van der Waals surface area contributed by atoms with Crippen LogP contribution in [0.25, 0.3) is 0 Å². The summed E-state index contributed by atoms with van der Waals surface area (Å²) in [5.41, 5.74) is 1.98. The van der Waals surface area contributed by atoms with Crippen LogP contribution in [0.15, 0.2) is 24.3 Å². The summed E-state index contributed by atoms with van der Waals surface area (Å²) in [6, 6.07) is 7.66. The van der Waals surface area contributed by atoms with Crippen molar-refractivity contribution in [3.8, 4) is 0 Å². The first-order valence-corrected chi connectivity index (χ1v) is 10.2. The van der Waals surface area contributed by atoms with E-state index < -0.39 is 10.0 Å². The zero-order valence-electron chi connectivity index (χ0n) is 14.6. The molecule has 1 heterocycles. The van der Waals surface area contributed by atoms with Gasteiger partial charge in [-0.15, -0.1) is 0 Å². The van der Waals surface area contributed by atoms with E-state index in [1.807, 2.05) is 31.2 Å². The monoisotopic (exact) mass is 338 g/mol. The van der Waals surface area contributed by atoms with Crippen LogP contribution in [0, 0.1) is 18.8 Å². The van der Waals surface area contributed by atoms with Crippen molar-refractivity contribution in [1.29, 1.82) is 0 Å². The average Bonchev–Trinajstić information content (AvgIpc) is 2.45. The van der Waals surface area contributed by atoms with Gasteiger partial charge in [-0.05, 0) is 43.7 Å². The Morgan fingerprint density at radius 3 is 2.35 bits per heavy atom. The van der Waals surface area contributed by atoms with Crippen molar-refractivity contribution in [3.05, 3.63) is 35.4 Å². The Morgan fingerprint density at radius 2 is 1.74 bits per heavy atom. The molecular formula is C18H30N2O2S. The van der Waals surface area contributed by atoms with E-state index in [0.29, 0.717) is 6.54 Å². The number of nitrogens with one attached hydrogen (secondary N) is 1. The maximum absolute atomic E-state index is 12.1. The van der Waals surface area contributed by atoms with E-state index in [0.717, 1.165) is 49.0 Å². The average molecular weight is 339 g/mol. The highest BCUT2D eigenvalue weighted by molar-refractivity contribution is 7.88. The van der Waals surface area contributed by atoms with Crippen LogP contribution in [0.5, 0.6) is 0 Å². The molecule has 1 aliphatic rings. The van der Waals surface area contributed by atoms with Gasteiger partial charge in [0.1, 0.15) is 0 Å². The largest absolute Gasteiger partial charge is 0.303 e. The third-order valence-corrected chi connectivity index (χ3v) is 5.75. The Balaban J connectivity index is 1.71. The van der Waals surface area contributed by atoms with Crippen molar-refractivity contribution in [1.82, 2.24) is 9.62 Å². The molecule has 1 fully saturated rings. The molecule has 130 valence electrons. The summed E-state index contributed by atoms with van der Waals surface area (Å²) in [6.45, 7) is 10.4. The molecule has 0 unspecified atom stereocenters. The van der Waals surface area contributed by atoms with Gasteiger partial charge in [-0.1, -0.05) is 43.7 Å². The second-order valence-corrected chi connectivity index (χ2v) is 9.01. The molecule has 0 bridgehead atoms. The van der Waals surface area contributed by atoms with Crippen LogP contribution in [-0.2, 0) is 15.8 Å².